The third kappa shape index (κ3) is 4.16. The number of H-pyrrole nitrogens is 1. The highest BCUT2D eigenvalue weighted by Gasteiger charge is 2.19. The van der Waals surface area contributed by atoms with E-state index >= 15 is 0 Å². The molecule has 15 heavy (non-hydrogen) atoms. The summed E-state index contributed by atoms with van der Waals surface area (Å²) in [5.41, 5.74) is 6.45. The quantitative estimate of drug-likeness (QED) is 0.780. The molecular formula is C11H19N3O. The van der Waals surface area contributed by atoms with Gasteiger partial charge in [-0.05, 0) is 25.5 Å². The average Bonchev–Trinajstić information content (AvgIpc) is 2.53. The summed E-state index contributed by atoms with van der Waals surface area (Å²) in [6.45, 7) is 4.34. The van der Waals surface area contributed by atoms with Crippen LogP contribution in [-0.4, -0.2) is 28.4 Å². The van der Waals surface area contributed by atoms with Crippen LogP contribution in [0.3, 0.4) is 0 Å². The Morgan fingerprint density at radius 3 is 2.73 bits per heavy atom. The number of aromatic nitrogens is 1. The summed E-state index contributed by atoms with van der Waals surface area (Å²) in [5.74, 6) is 0.0729. The molecule has 0 radical (unpaired) electrons. The molecule has 0 bridgehead atoms. The number of carbonyl (C=O) groups excluding carboxylic acids is 1. The van der Waals surface area contributed by atoms with Crippen molar-refractivity contribution >= 4 is 5.91 Å². The van der Waals surface area contributed by atoms with Crippen LogP contribution < -0.4 is 5.73 Å². The van der Waals surface area contributed by atoms with Gasteiger partial charge in [0.15, 0.2) is 0 Å². The van der Waals surface area contributed by atoms with Gasteiger partial charge in [0.1, 0.15) is 0 Å². The van der Waals surface area contributed by atoms with E-state index in [0.717, 1.165) is 5.56 Å². The lowest BCUT2D eigenvalue weighted by Gasteiger charge is -2.23. The summed E-state index contributed by atoms with van der Waals surface area (Å²) in [7, 11) is 1.79. The fourth-order valence-electron chi connectivity index (χ4n) is 1.34. The van der Waals surface area contributed by atoms with Crippen LogP contribution in [0, 0.1) is 0 Å². The molecule has 1 amide bonds. The first-order valence-electron chi connectivity index (χ1n) is 5.03. The van der Waals surface area contributed by atoms with Crippen molar-refractivity contribution in [2.75, 3.05) is 7.05 Å². The van der Waals surface area contributed by atoms with Crippen LogP contribution in [0.2, 0.25) is 0 Å². The standard InChI is InChI=1S/C11H19N3O/c1-11(2,12)6-10(15)14(3)8-9-4-5-13-7-9/h4-5,7,13H,6,8,12H2,1-3H3. The lowest BCUT2D eigenvalue weighted by molar-refractivity contribution is -0.131. The Hall–Kier alpha value is -1.29. The van der Waals surface area contributed by atoms with Gasteiger partial charge in [0, 0.05) is 37.9 Å². The predicted molar refractivity (Wildman–Crippen MR) is 60.2 cm³/mol. The van der Waals surface area contributed by atoms with Crippen LogP contribution in [0.4, 0.5) is 0 Å². The molecule has 0 aromatic carbocycles. The van der Waals surface area contributed by atoms with Crippen molar-refractivity contribution in [1.29, 1.82) is 0 Å². The number of rotatable bonds is 4. The van der Waals surface area contributed by atoms with Crippen molar-refractivity contribution in [2.24, 2.45) is 5.73 Å². The van der Waals surface area contributed by atoms with Gasteiger partial charge in [0.05, 0.1) is 0 Å². The van der Waals surface area contributed by atoms with Crippen molar-refractivity contribution < 1.29 is 4.79 Å². The summed E-state index contributed by atoms with van der Waals surface area (Å²) in [4.78, 5) is 16.4. The zero-order valence-corrected chi connectivity index (χ0v) is 9.58. The number of hydrogen-bond donors (Lipinski definition) is 2. The SMILES string of the molecule is CN(Cc1cc[nH]c1)C(=O)CC(C)(C)N. The Balaban J connectivity index is 2.47. The van der Waals surface area contributed by atoms with Crippen molar-refractivity contribution in [3.05, 3.63) is 24.0 Å². The Morgan fingerprint density at radius 1 is 1.60 bits per heavy atom. The summed E-state index contributed by atoms with van der Waals surface area (Å²) in [5, 5.41) is 0. The molecule has 0 saturated heterocycles. The lowest BCUT2D eigenvalue weighted by Crippen LogP contribution is -2.39. The number of carbonyl (C=O) groups is 1. The highest BCUT2D eigenvalue weighted by Crippen LogP contribution is 2.08. The molecule has 0 saturated carbocycles. The number of nitrogens with zero attached hydrogens (tertiary/aromatic N) is 1. The van der Waals surface area contributed by atoms with Gasteiger partial charge in [-0.25, -0.2) is 0 Å². The van der Waals surface area contributed by atoms with Gasteiger partial charge < -0.3 is 15.6 Å². The molecule has 84 valence electrons. The first-order chi connectivity index (χ1) is 6.88. The van der Waals surface area contributed by atoms with Gasteiger partial charge >= 0.3 is 0 Å². The Labute approximate surface area is 90.5 Å². The normalized spacial score (nSPS) is 11.5. The Morgan fingerprint density at radius 2 is 2.27 bits per heavy atom. The number of aromatic amines is 1. The van der Waals surface area contributed by atoms with Crippen molar-refractivity contribution in [3.63, 3.8) is 0 Å². The molecule has 1 heterocycles. The predicted octanol–water partition coefficient (Wildman–Crippen LogP) is 1.10. The summed E-state index contributed by atoms with van der Waals surface area (Å²) < 4.78 is 0. The molecular weight excluding hydrogens is 190 g/mol. The molecule has 0 aliphatic carbocycles. The third-order valence-corrected chi connectivity index (χ3v) is 2.11. The van der Waals surface area contributed by atoms with Crippen LogP contribution in [0.1, 0.15) is 25.8 Å². The minimum Gasteiger partial charge on any atom is -0.367 e. The van der Waals surface area contributed by atoms with Gasteiger partial charge in [-0.2, -0.15) is 0 Å². The first-order valence-corrected chi connectivity index (χ1v) is 5.03. The lowest BCUT2D eigenvalue weighted by atomic mass is 10.0. The monoisotopic (exact) mass is 209 g/mol. The molecule has 0 aliphatic heterocycles. The fourth-order valence-corrected chi connectivity index (χ4v) is 1.34. The molecule has 0 aliphatic rings. The second kappa shape index (κ2) is 4.49. The summed E-state index contributed by atoms with van der Waals surface area (Å²) in [6, 6.07) is 1.96. The molecule has 1 rings (SSSR count). The molecule has 4 nitrogen and oxygen atoms in total. The summed E-state index contributed by atoms with van der Waals surface area (Å²) >= 11 is 0. The first kappa shape index (κ1) is 11.8. The molecule has 0 spiro atoms. The van der Waals surface area contributed by atoms with E-state index in [4.69, 9.17) is 5.73 Å². The van der Waals surface area contributed by atoms with E-state index in [0.29, 0.717) is 13.0 Å². The van der Waals surface area contributed by atoms with E-state index in [1.165, 1.54) is 0 Å². The third-order valence-electron chi connectivity index (χ3n) is 2.11. The highest BCUT2D eigenvalue weighted by atomic mass is 16.2. The number of hydrogen-bond acceptors (Lipinski definition) is 2. The van der Waals surface area contributed by atoms with Crippen LogP contribution in [-0.2, 0) is 11.3 Å². The van der Waals surface area contributed by atoms with Crippen molar-refractivity contribution in [1.82, 2.24) is 9.88 Å². The topological polar surface area (TPSA) is 62.1 Å². The zero-order valence-electron chi connectivity index (χ0n) is 9.58. The largest absolute Gasteiger partial charge is 0.367 e. The molecule has 0 fully saturated rings. The average molecular weight is 209 g/mol. The van der Waals surface area contributed by atoms with Crippen molar-refractivity contribution in [2.45, 2.75) is 32.4 Å². The minimum atomic E-state index is -0.441. The van der Waals surface area contributed by atoms with Crippen LogP contribution in [0.25, 0.3) is 0 Å². The zero-order chi connectivity index (χ0) is 11.5. The second-order valence-electron chi connectivity index (χ2n) is 4.63. The number of amides is 1. The highest BCUT2D eigenvalue weighted by molar-refractivity contribution is 5.77. The van der Waals surface area contributed by atoms with Crippen LogP contribution in [0.15, 0.2) is 18.5 Å². The van der Waals surface area contributed by atoms with E-state index in [-0.39, 0.29) is 5.91 Å². The molecule has 1 aromatic heterocycles. The van der Waals surface area contributed by atoms with E-state index in [2.05, 4.69) is 4.98 Å². The number of nitrogens with one attached hydrogen (secondary N) is 1. The van der Waals surface area contributed by atoms with Gasteiger partial charge in [0.2, 0.25) is 5.91 Å². The van der Waals surface area contributed by atoms with Gasteiger partial charge in [-0.1, -0.05) is 0 Å². The van der Waals surface area contributed by atoms with Gasteiger partial charge in [-0.3, -0.25) is 4.79 Å². The minimum absolute atomic E-state index is 0.0729. The smallest absolute Gasteiger partial charge is 0.224 e. The van der Waals surface area contributed by atoms with Crippen LogP contribution in [0.5, 0.6) is 0 Å². The molecule has 0 atom stereocenters. The molecule has 1 aromatic rings. The molecule has 0 unspecified atom stereocenters. The van der Waals surface area contributed by atoms with E-state index in [1.807, 2.05) is 32.3 Å². The fraction of sp³-hybridized carbons (Fsp3) is 0.545. The van der Waals surface area contributed by atoms with E-state index in [9.17, 15) is 4.79 Å². The van der Waals surface area contributed by atoms with Crippen LogP contribution >= 0.6 is 0 Å². The van der Waals surface area contributed by atoms with Crippen molar-refractivity contribution in [3.8, 4) is 0 Å². The van der Waals surface area contributed by atoms with E-state index < -0.39 is 5.54 Å². The number of nitrogens with two attached hydrogens (primary N) is 1. The maximum atomic E-state index is 11.7. The maximum Gasteiger partial charge on any atom is 0.224 e. The van der Waals surface area contributed by atoms with Gasteiger partial charge in [0.25, 0.3) is 0 Å². The maximum absolute atomic E-state index is 11.7. The van der Waals surface area contributed by atoms with E-state index in [1.54, 1.807) is 11.9 Å². The molecule has 3 N–H and O–H groups in total. The Kier molecular flexibility index (Phi) is 3.52. The Bertz CT molecular complexity index is 311. The van der Waals surface area contributed by atoms with Gasteiger partial charge in [-0.15, -0.1) is 0 Å². The molecule has 4 heteroatoms. The summed E-state index contributed by atoms with van der Waals surface area (Å²) in [6.07, 6.45) is 4.10. The second-order valence-corrected chi connectivity index (χ2v) is 4.63.